The van der Waals surface area contributed by atoms with Gasteiger partial charge in [0, 0.05) is 6.54 Å². The highest BCUT2D eigenvalue weighted by atomic mass is 16.5. The fraction of sp³-hybridized carbons (Fsp3) is 0.833. The molecule has 0 aliphatic carbocycles. The van der Waals surface area contributed by atoms with Crippen molar-refractivity contribution in [1.29, 1.82) is 0 Å². The predicted molar refractivity (Wildman–Crippen MR) is 62.6 cm³/mol. The molecule has 0 saturated carbocycles. The summed E-state index contributed by atoms with van der Waals surface area (Å²) in [5.74, 6) is 0.820. The number of nitrogens with one attached hydrogen (secondary N) is 1. The molecule has 0 saturated heterocycles. The lowest BCUT2D eigenvalue weighted by atomic mass is 10.1. The summed E-state index contributed by atoms with van der Waals surface area (Å²) >= 11 is 0. The smallest absolute Gasteiger partial charge is 0.0591 e. The zero-order valence-corrected chi connectivity index (χ0v) is 9.72. The molecule has 0 fully saturated rings. The molecule has 0 radical (unpaired) electrons. The molecule has 0 rings (SSSR count). The Morgan fingerprint density at radius 3 is 2.71 bits per heavy atom. The van der Waals surface area contributed by atoms with Crippen LogP contribution >= 0.6 is 0 Å². The molecule has 0 atom stereocenters. The largest absolute Gasteiger partial charge is 0.380 e. The van der Waals surface area contributed by atoms with Gasteiger partial charge in [-0.2, -0.15) is 0 Å². The maximum absolute atomic E-state index is 5.37. The van der Waals surface area contributed by atoms with Crippen molar-refractivity contribution in [2.75, 3.05) is 26.3 Å². The SMILES string of the molecule is C=CCCOCCNCCCC(C)C. The molecule has 0 heterocycles. The summed E-state index contributed by atoms with van der Waals surface area (Å²) in [5, 5.41) is 3.37. The van der Waals surface area contributed by atoms with Gasteiger partial charge in [-0.05, 0) is 31.7 Å². The minimum Gasteiger partial charge on any atom is -0.380 e. The minimum atomic E-state index is 0.803. The van der Waals surface area contributed by atoms with Crippen molar-refractivity contribution in [3.8, 4) is 0 Å². The van der Waals surface area contributed by atoms with Crippen LogP contribution in [0.5, 0.6) is 0 Å². The van der Waals surface area contributed by atoms with E-state index in [0.717, 1.165) is 38.6 Å². The lowest BCUT2D eigenvalue weighted by Crippen LogP contribution is -2.21. The Hall–Kier alpha value is -0.340. The van der Waals surface area contributed by atoms with E-state index in [1.807, 2.05) is 6.08 Å². The molecule has 14 heavy (non-hydrogen) atoms. The Bertz CT molecular complexity index is 123. The maximum atomic E-state index is 5.37. The van der Waals surface area contributed by atoms with Gasteiger partial charge in [0.25, 0.3) is 0 Å². The number of hydrogen-bond donors (Lipinski definition) is 1. The lowest BCUT2D eigenvalue weighted by molar-refractivity contribution is 0.140. The van der Waals surface area contributed by atoms with Crippen molar-refractivity contribution in [3.63, 3.8) is 0 Å². The van der Waals surface area contributed by atoms with Gasteiger partial charge in [-0.25, -0.2) is 0 Å². The van der Waals surface area contributed by atoms with Gasteiger partial charge in [-0.3, -0.25) is 0 Å². The van der Waals surface area contributed by atoms with Crippen molar-refractivity contribution < 1.29 is 4.74 Å². The van der Waals surface area contributed by atoms with E-state index in [4.69, 9.17) is 4.74 Å². The summed E-state index contributed by atoms with van der Waals surface area (Å²) < 4.78 is 5.37. The van der Waals surface area contributed by atoms with Crippen molar-refractivity contribution in [2.45, 2.75) is 33.1 Å². The van der Waals surface area contributed by atoms with Crippen LogP contribution in [0, 0.1) is 5.92 Å². The second kappa shape index (κ2) is 10.7. The van der Waals surface area contributed by atoms with Gasteiger partial charge in [-0.1, -0.05) is 19.9 Å². The first kappa shape index (κ1) is 13.7. The third kappa shape index (κ3) is 11.7. The average molecular weight is 199 g/mol. The fourth-order valence-corrected chi connectivity index (χ4v) is 1.17. The second-order valence-corrected chi connectivity index (χ2v) is 3.98. The minimum absolute atomic E-state index is 0.803. The highest BCUT2D eigenvalue weighted by Crippen LogP contribution is 2.01. The fourth-order valence-electron chi connectivity index (χ4n) is 1.17. The molecule has 0 aromatic heterocycles. The molecule has 2 nitrogen and oxygen atoms in total. The van der Waals surface area contributed by atoms with Gasteiger partial charge < -0.3 is 10.1 Å². The molecule has 0 bridgehead atoms. The zero-order valence-electron chi connectivity index (χ0n) is 9.72. The molecule has 0 aromatic rings. The van der Waals surface area contributed by atoms with Crippen LogP contribution in [0.25, 0.3) is 0 Å². The summed E-state index contributed by atoms with van der Waals surface area (Å²) in [4.78, 5) is 0. The number of ether oxygens (including phenoxy) is 1. The first-order chi connectivity index (χ1) is 6.77. The summed E-state index contributed by atoms with van der Waals surface area (Å²) in [7, 11) is 0. The molecular formula is C12H25NO. The second-order valence-electron chi connectivity index (χ2n) is 3.98. The van der Waals surface area contributed by atoms with E-state index in [0.29, 0.717) is 0 Å². The first-order valence-electron chi connectivity index (χ1n) is 5.66. The van der Waals surface area contributed by atoms with E-state index in [1.165, 1.54) is 12.8 Å². The molecule has 0 aliphatic rings. The summed E-state index contributed by atoms with van der Waals surface area (Å²) in [6.45, 7) is 11.9. The first-order valence-corrected chi connectivity index (χ1v) is 5.66. The van der Waals surface area contributed by atoms with Crippen LogP contribution in [0.15, 0.2) is 12.7 Å². The topological polar surface area (TPSA) is 21.3 Å². The Morgan fingerprint density at radius 2 is 2.07 bits per heavy atom. The standard InChI is InChI=1S/C12H25NO/c1-4-5-10-14-11-9-13-8-6-7-12(2)3/h4,12-13H,1,5-11H2,2-3H3. The van der Waals surface area contributed by atoms with Gasteiger partial charge in [0.1, 0.15) is 0 Å². The lowest BCUT2D eigenvalue weighted by Gasteiger charge is -2.06. The molecule has 0 aromatic carbocycles. The molecule has 2 heteroatoms. The van der Waals surface area contributed by atoms with Gasteiger partial charge in [0.05, 0.1) is 13.2 Å². The van der Waals surface area contributed by atoms with Gasteiger partial charge in [-0.15, -0.1) is 6.58 Å². The van der Waals surface area contributed by atoms with Crippen LogP contribution in [0.3, 0.4) is 0 Å². The molecule has 0 aliphatic heterocycles. The van der Waals surface area contributed by atoms with Gasteiger partial charge in [0.2, 0.25) is 0 Å². The normalized spacial score (nSPS) is 10.8. The van der Waals surface area contributed by atoms with Crippen molar-refractivity contribution >= 4 is 0 Å². The maximum Gasteiger partial charge on any atom is 0.0591 e. The van der Waals surface area contributed by atoms with E-state index in [2.05, 4.69) is 25.7 Å². The zero-order chi connectivity index (χ0) is 10.6. The Morgan fingerprint density at radius 1 is 1.29 bits per heavy atom. The summed E-state index contributed by atoms with van der Waals surface area (Å²) in [5.41, 5.74) is 0. The molecular weight excluding hydrogens is 174 g/mol. The van der Waals surface area contributed by atoms with Crippen molar-refractivity contribution in [3.05, 3.63) is 12.7 Å². The van der Waals surface area contributed by atoms with Crippen molar-refractivity contribution in [1.82, 2.24) is 5.32 Å². The van der Waals surface area contributed by atoms with E-state index in [1.54, 1.807) is 0 Å². The van der Waals surface area contributed by atoms with E-state index >= 15 is 0 Å². The average Bonchev–Trinajstić information content (AvgIpc) is 2.15. The Labute approximate surface area is 88.7 Å². The third-order valence-corrected chi connectivity index (χ3v) is 2.02. The molecule has 0 spiro atoms. The van der Waals surface area contributed by atoms with E-state index < -0.39 is 0 Å². The number of rotatable bonds is 10. The van der Waals surface area contributed by atoms with Gasteiger partial charge in [0.15, 0.2) is 0 Å². The quantitative estimate of drug-likeness (QED) is 0.431. The Balaban J connectivity index is 2.88. The van der Waals surface area contributed by atoms with E-state index in [9.17, 15) is 0 Å². The van der Waals surface area contributed by atoms with E-state index in [-0.39, 0.29) is 0 Å². The number of hydrogen-bond acceptors (Lipinski definition) is 2. The third-order valence-electron chi connectivity index (χ3n) is 2.02. The van der Waals surface area contributed by atoms with Crippen LogP contribution in [-0.2, 0) is 4.74 Å². The predicted octanol–water partition coefficient (Wildman–Crippen LogP) is 2.60. The molecule has 84 valence electrons. The molecule has 0 unspecified atom stereocenters. The monoisotopic (exact) mass is 199 g/mol. The van der Waals surface area contributed by atoms with Crippen LogP contribution < -0.4 is 5.32 Å². The molecule has 0 amide bonds. The Kier molecular flexibility index (Phi) is 10.5. The van der Waals surface area contributed by atoms with Crippen molar-refractivity contribution in [2.24, 2.45) is 5.92 Å². The van der Waals surface area contributed by atoms with Crippen LogP contribution in [-0.4, -0.2) is 26.3 Å². The summed E-state index contributed by atoms with van der Waals surface area (Å²) in [6, 6.07) is 0. The van der Waals surface area contributed by atoms with Crippen LogP contribution in [0.1, 0.15) is 33.1 Å². The highest BCUT2D eigenvalue weighted by Gasteiger charge is 1.93. The summed E-state index contributed by atoms with van der Waals surface area (Å²) in [6.07, 6.45) is 5.41. The van der Waals surface area contributed by atoms with Gasteiger partial charge >= 0.3 is 0 Å². The van der Waals surface area contributed by atoms with Crippen LogP contribution in [0.2, 0.25) is 0 Å². The molecule has 1 N–H and O–H groups in total. The highest BCUT2D eigenvalue weighted by molar-refractivity contribution is 4.64. The van der Waals surface area contributed by atoms with Crippen LogP contribution in [0.4, 0.5) is 0 Å².